The maximum atomic E-state index is 12.2. The van der Waals surface area contributed by atoms with Crippen LogP contribution in [-0.2, 0) is 9.53 Å². The first-order valence-electron chi connectivity index (χ1n) is 8.28. The largest absolute Gasteiger partial charge is 0.507 e. The number of phenolic OH excluding ortho intramolecular Hbond substituents is 1. The molecule has 0 fully saturated rings. The number of phenols is 1. The summed E-state index contributed by atoms with van der Waals surface area (Å²) in [6.07, 6.45) is 0. The molecule has 0 spiro atoms. The molecule has 3 rings (SSSR count). The van der Waals surface area contributed by atoms with Gasteiger partial charge < -0.3 is 15.2 Å². The SMILES string of the molecule is C[C@H](NC(=O)COC(=O)c1cc2ccccc2cc1O)c1ccccc1. The summed E-state index contributed by atoms with van der Waals surface area (Å²) in [5.74, 6) is -1.32. The molecular weight excluding hydrogens is 330 g/mol. The van der Waals surface area contributed by atoms with E-state index in [2.05, 4.69) is 5.32 Å². The molecule has 0 aliphatic rings. The second-order valence-corrected chi connectivity index (χ2v) is 5.99. The van der Waals surface area contributed by atoms with Crippen LogP contribution in [0.1, 0.15) is 28.9 Å². The van der Waals surface area contributed by atoms with Gasteiger partial charge in [0.15, 0.2) is 6.61 Å². The highest BCUT2D eigenvalue weighted by molar-refractivity contribution is 5.99. The Bertz CT molecular complexity index is 937. The van der Waals surface area contributed by atoms with Gasteiger partial charge in [-0.2, -0.15) is 0 Å². The van der Waals surface area contributed by atoms with E-state index >= 15 is 0 Å². The Balaban J connectivity index is 1.62. The van der Waals surface area contributed by atoms with Crippen molar-refractivity contribution >= 4 is 22.6 Å². The standard InChI is InChI=1S/C21H19NO4/c1-14(15-7-3-2-4-8-15)22-20(24)13-26-21(25)18-11-16-9-5-6-10-17(16)12-19(18)23/h2-12,14,23H,13H2,1H3,(H,22,24)/t14-/m0/s1. The molecule has 0 aliphatic carbocycles. The fourth-order valence-corrected chi connectivity index (χ4v) is 2.71. The highest BCUT2D eigenvalue weighted by Crippen LogP contribution is 2.25. The number of nitrogens with one attached hydrogen (secondary N) is 1. The lowest BCUT2D eigenvalue weighted by molar-refractivity contribution is -0.124. The van der Waals surface area contributed by atoms with Crippen molar-refractivity contribution in [2.45, 2.75) is 13.0 Å². The van der Waals surface area contributed by atoms with Crippen molar-refractivity contribution in [3.05, 3.63) is 77.9 Å². The Morgan fingerprint density at radius 2 is 1.62 bits per heavy atom. The summed E-state index contributed by atoms with van der Waals surface area (Å²) in [5, 5.41) is 14.4. The molecule has 0 unspecified atom stereocenters. The minimum atomic E-state index is -0.740. The minimum Gasteiger partial charge on any atom is -0.507 e. The van der Waals surface area contributed by atoms with E-state index in [1.54, 1.807) is 6.07 Å². The summed E-state index contributed by atoms with van der Waals surface area (Å²) in [5.41, 5.74) is 0.993. The van der Waals surface area contributed by atoms with Crippen molar-refractivity contribution in [3.63, 3.8) is 0 Å². The number of rotatable bonds is 5. The van der Waals surface area contributed by atoms with Gasteiger partial charge in [0.1, 0.15) is 11.3 Å². The maximum Gasteiger partial charge on any atom is 0.342 e. The molecule has 0 aliphatic heterocycles. The van der Waals surface area contributed by atoms with Crippen molar-refractivity contribution in [2.75, 3.05) is 6.61 Å². The Morgan fingerprint density at radius 3 is 2.31 bits per heavy atom. The van der Waals surface area contributed by atoms with E-state index in [1.165, 1.54) is 6.07 Å². The number of hydrogen-bond acceptors (Lipinski definition) is 4. The second kappa shape index (κ2) is 7.70. The molecule has 2 N–H and O–H groups in total. The first-order valence-corrected chi connectivity index (χ1v) is 8.28. The highest BCUT2D eigenvalue weighted by Gasteiger charge is 2.16. The third kappa shape index (κ3) is 4.00. The molecule has 5 heteroatoms. The summed E-state index contributed by atoms with van der Waals surface area (Å²) in [6, 6.07) is 19.7. The van der Waals surface area contributed by atoms with Gasteiger partial charge in [0.25, 0.3) is 5.91 Å². The molecule has 3 aromatic rings. The first-order chi connectivity index (χ1) is 12.5. The van der Waals surface area contributed by atoms with E-state index in [0.717, 1.165) is 16.3 Å². The minimum absolute atomic E-state index is 0.0348. The van der Waals surface area contributed by atoms with Gasteiger partial charge in [-0.3, -0.25) is 4.79 Å². The number of carbonyl (C=O) groups is 2. The zero-order valence-electron chi connectivity index (χ0n) is 14.3. The fraction of sp³-hybridized carbons (Fsp3) is 0.143. The van der Waals surface area contributed by atoms with Crippen LogP contribution >= 0.6 is 0 Å². The second-order valence-electron chi connectivity index (χ2n) is 5.99. The molecule has 3 aromatic carbocycles. The number of benzene rings is 3. The van der Waals surface area contributed by atoms with Crippen LogP contribution in [0.4, 0.5) is 0 Å². The topological polar surface area (TPSA) is 75.6 Å². The molecule has 132 valence electrons. The molecule has 5 nitrogen and oxygen atoms in total. The number of ether oxygens (including phenoxy) is 1. The lowest BCUT2D eigenvalue weighted by Crippen LogP contribution is -2.31. The summed E-state index contributed by atoms with van der Waals surface area (Å²) < 4.78 is 5.05. The van der Waals surface area contributed by atoms with Crippen molar-refractivity contribution in [2.24, 2.45) is 0 Å². The van der Waals surface area contributed by atoms with Crippen LogP contribution in [0.2, 0.25) is 0 Å². The fourth-order valence-electron chi connectivity index (χ4n) is 2.71. The average Bonchev–Trinajstić information content (AvgIpc) is 2.66. The van der Waals surface area contributed by atoms with Crippen LogP contribution in [0, 0.1) is 0 Å². The molecule has 0 bridgehead atoms. The molecule has 0 radical (unpaired) electrons. The van der Waals surface area contributed by atoms with Crippen LogP contribution in [-0.4, -0.2) is 23.6 Å². The molecule has 1 atom stereocenters. The van der Waals surface area contributed by atoms with Gasteiger partial charge in [-0.25, -0.2) is 4.79 Å². The molecule has 0 saturated heterocycles. The van der Waals surface area contributed by atoms with Gasteiger partial charge in [0.05, 0.1) is 6.04 Å². The van der Waals surface area contributed by atoms with Crippen molar-refractivity contribution in [3.8, 4) is 5.75 Å². The number of aromatic hydroxyl groups is 1. The monoisotopic (exact) mass is 349 g/mol. The molecule has 26 heavy (non-hydrogen) atoms. The lowest BCUT2D eigenvalue weighted by Gasteiger charge is -2.14. The number of carbonyl (C=O) groups excluding carboxylic acids is 2. The predicted octanol–water partition coefficient (Wildman–Crippen LogP) is 3.58. The third-order valence-electron chi connectivity index (χ3n) is 4.10. The third-order valence-corrected chi connectivity index (χ3v) is 4.10. The van der Waals surface area contributed by atoms with Gasteiger partial charge in [-0.05, 0) is 35.4 Å². The smallest absolute Gasteiger partial charge is 0.342 e. The number of hydrogen-bond donors (Lipinski definition) is 2. The number of esters is 1. The Morgan fingerprint density at radius 1 is 1.00 bits per heavy atom. The molecule has 0 aromatic heterocycles. The quantitative estimate of drug-likeness (QED) is 0.691. The van der Waals surface area contributed by atoms with Crippen LogP contribution in [0.15, 0.2) is 66.7 Å². The molecule has 1 amide bonds. The van der Waals surface area contributed by atoms with Crippen LogP contribution in [0.3, 0.4) is 0 Å². The van der Waals surface area contributed by atoms with Gasteiger partial charge in [0.2, 0.25) is 0 Å². The van der Waals surface area contributed by atoms with E-state index in [4.69, 9.17) is 4.74 Å². The zero-order valence-corrected chi connectivity index (χ0v) is 14.3. The summed E-state index contributed by atoms with van der Waals surface area (Å²) in [4.78, 5) is 24.2. The summed E-state index contributed by atoms with van der Waals surface area (Å²) in [6.45, 7) is 1.44. The van der Waals surface area contributed by atoms with Crippen molar-refractivity contribution in [1.82, 2.24) is 5.32 Å². The van der Waals surface area contributed by atoms with E-state index in [9.17, 15) is 14.7 Å². The predicted molar refractivity (Wildman–Crippen MR) is 98.9 cm³/mol. The number of amides is 1. The average molecular weight is 349 g/mol. The Kier molecular flexibility index (Phi) is 5.17. The van der Waals surface area contributed by atoms with Gasteiger partial charge in [0, 0.05) is 0 Å². The van der Waals surface area contributed by atoms with Crippen LogP contribution in [0.5, 0.6) is 5.75 Å². The number of fused-ring (bicyclic) bond motifs is 1. The normalized spacial score (nSPS) is 11.7. The van der Waals surface area contributed by atoms with E-state index in [1.807, 2.05) is 61.5 Å². The van der Waals surface area contributed by atoms with Crippen molar-refractivity contribution in [1.29, 1.82) is 0 Å². The Hall–Kier alpha value is -3.34. The highest BCUT2D eigenvalue weighted by atomic mass is 16.5. The summed E-state index contributed by atoms with van der Waals surface area (Å²) >= 11 is 0. The summed E-state index contributed by atoms with van der Waals surface area (Å²) in [7, 11) is 0. The zero-order chi connectivity index (χ0) is 18.5. The molecular formula is C21H19NO4. The van der Waals surface area contributed by atoms with E-state index in [-0.39, 0.29) is 17.4 Å². The lowest BCUT2D eigenvalue weighted by atomic mass is 10.1. The Labute approximate surface area is 151 Å². The molecule has 0 saturated carbocycles. The van der Waals surface area contributed by atoms with Gasteiger partial charge in [-0.15, -0.1) is 0 Å². The van der Waals surface area contributed by atoms with Crippen molar-refractivity contribution < 1.29 is 19.4 Å². The van der Waals surface area contributed by atoms with E-state index < -0.39 is 18.5 Å². The van der Waals surface area contributed by atoms with Gasteiger partial charge >= 0.3 is 5.97 Å². The van der Waals surface area contributed by atoms with Gasteiger partial charge in [-0.1, -0.05) is 54.6 Å². The molecule has 0 heterocycles. The van der Waals surface area contributed by atoms with E-state index in [0.29, 0.717) is 0 Å². The van der Waals surface area contributed by atoms with Crippen LogP contribution in [0.25, 0.3) is 10.8 Å². The maximum absolute atomic E-state index is 12.2. The van der Waals surface area contributed by atoms with Crippen LogP contribution < -0.4 is 5.32 Å². The first kappa shape index (κ1) is 17.5.